The number of fused-ring (bicyclic) bond motifs is 1. The van der Waals surface area contributed by atoms with Gasteiger partial charge in [0.2, 0.25) is 5.95 Å². The number of halogens is 1. The molecule has 1 fully saturated rings. The molecular weight excluding hydrogens is 470 g/mol. The number of hydrogen-bond acceptors (Lipinski definition) is 6. The first-order valence-electron chi connectivity index (χ1n) is 11.6. The molecule has 0 saturated carbocycles. The van der Waals surface area contributed by atoms with Gasteiger partial charge in [-0.15, -0.1) is 0 Å². The van der Waals surface area contributed by atoms with Crippen molar-refractivity contribution in [2.75, 3.05) is 18.0 Å². The first-order chi connectivity index (χ1) is 16.6. The Kier molecular flexibility index (Phi) is 6.89. The molecule has 1 amide bonds. The molecule has 10 heteroatoms. The third-order valence-corrected chi connectivity index (χ3v) is 6.35. The van der Waals surface area contributed by atoms with Crippen LogP contribution in [0.1, 0.15) is 49.7 Å². The van der Waals surface area contributed by atoms with Crippen LogP contribution in [0.3, 0.4) is 0 Å². The summed E-state index contributed by atoms with van der Waals surface area (Å²) in [5, 5.41) is 3.54. The Hall–Kier alpha value is -3.33. The predicted molar refractivity (Wildman–Crippen MR) is 136 cm³/mol. The number of pyridine rings is 1. The molecule has 9 nitrogen and oxygen atoms in total. The molecule has 1 saturated heterocycles. The number of carbonyl (C=O) groups is 2. The van der Waals surface area contributed by atoms with Gasteiger partial charge in [0.05, 0.1) is 17.8 Å². The highest BCUT2D eigenvalue weighted by atomic mass is 35.5. The minimum atomic E-state index is -0.586. The summed E-state index contributed by atoms with van der Waals surface area (Å²) >= 11 is 6.44. The second kappa shape index (κ2) is 9.73. The maximum absolute atomic E-state index is 13.3. The summed E-state index contributed by atoms with van der Waals surface area (Å²) in [5.74, 6) is 0.593. The van der Waals surface area contributed by atoms with Crippen LogP contribution in [-0.4, -0.2) is 51.2 Å². The highest BCUT2D eigenvalue weighted by Crippen LogP contribution is 2.27. The molecule has 1 N–H and O–H groups in total. The van der Waals surface area contributed by atoms with Crippen molar-refractivity contribution in [2.45, 2.75) is 51.8 Å². The van der Waals surface area contributed by atoms with Crippen molar-refractivity contribution in [3.63, 3.8) is 0 Å². The highest BCUT2D eigenvalue weighted by molar-refractivity contribution is 6.31. The molecule has 1 aromatic carbocycles. The number of amides is 1. The van der Waals surface area contributed by atoms with Gasteiger partial charge in [-0.1, -0.05) is 29.8 Å². The number of nitrogens with zero attached hydrogens (tertiary/aromatic N) is 4. The van der Waals surface area contributed by atoms with E-state index in [1.165, 1.54) is 4.57 Å². The Morgan fingerprint density at radius 2 is 2.06 bits per heavy atom. The Balaban J connectivity index is 1.74. The van der Waals surface area contributed by atoms with Crippen LogP contribution in [0, 0.1) is 0 Å². The molecule has 0 radical (unpaired) electrons. The fourth-order valence-electron chi connectivity index (χ4n) is 4.35. The van der Waals surface area contributed by atoms with Gasteiger partial charge in [-0.2, -0.15) is 0 Å². The molecular formula is C25H30ClN5O4. The molecule has 4 rings (SSSR count). The lowest BCUT2D eigenvalue weighted by Crippen LogP contribution is -2.49. The van der Waals surface area contributed by atoms with Gasteiger partial charge in [0, 0.05) is 31.2 Å². The van der Waals surface area contributed by atoms with Crippen LogP contribution < -0.4 is 15.8 Å². The first kappa shape index (κ1) is 24.8. The summed E-state index contributed by atoms with van der Waals surface area (Å²) in [5.41, 5.74) is 1.04. The van der Waals surface area contributed by atoms with E-state index < -0.39 is 11.7 Å². The van der Waals surface area contributed by atoms with Gasteiger partial charge >= 0.3 is 6.09 Å². The summed E-state index contributed by atoms with van der Waals surface area (Å²) in [4.78, 5) is 44.0. The molecule has 3 heterocycles. The number of hydrogen-bond donors (Lipinski definition) is 1. The summed E-state index contributed by atoms with van der Waals surface area (Å²) in [6, 6.07) is 8.94. The first-order valence-corrected chi connectivity index (χ1v) is 12.0. The van der Waals surface area contributed by atoms with E-state index in [0.717, 1.165) is 18.4 Å². The SMILES string of the molecule is Cn1c(C=O)cc2nc(N3CCC[C@@H](NC(=O)OC(C)(C)C)C3)n(Cc3ccccc3Cl)c2c1=O. The van der Waals surface area contributed by atoms with Crippen molar-refractivity contribution >= 4 is 41.0 Å². The van der Waals surface area contributed by atoms with E-state index in [0.29, 0.717) is 47.9 Å². The van der Waals surface area contributed by atoms with E-state index in [9.17, 15) is 14.4 Å². The van der Waals surface area contributed by atoms with Crippen molar-refractivity contribution in [1.82, 2.24) is 19.4 Å². The van der Waals surface area contributed by atoms with Crippen molar-refractivity contribution in [2.24, 2.45) is 7.05 Å². The number of aldehydes is 1. The average Bonchev–Trinajstić information content (AvgIpc) is 3.15. The lowest BCUT2D eigenvalue weighted by Gasteiger charge is -2.34. The van der Waals surface area contributed by atoms with Crippen molar-refractivity contribution in [3.8, 4) is 0 Å². The molecule has 1 aliphatic rings. The second-order valence-electron chi connectivity index (χ2n) is 9.81. The molecule has 1 atom stereocenters. The molecule has 0 spiro atoms. The Bertz CT molecular complexity index is 1320. The minimum absolute atomic E-state index is 0.138. The highest BCUT2D eigenvalue weighted by Gasteiger charge is 2.28. The van der Waals surface area contributed by atoms with Crippen molar-refractivity contribution in [1.29, 1.82) is 0 Å². The topological polar surface area (TPSA) is 98.5 Å². The zero-order chi connectivity index (χ0) is 25.3. The van der Waals surface area contributed by atoms with Crippen LogP contribution in [0.5, 0.6) is 0 Å². The lowest BCUT2D eigenvalue weighted by atomic mass is 10.1. The van der Waals surface area contributed by atoms with Crippen LogP contribution in [0.2, 0.25) is 5.02 Å². The summed E-state index contributed by atoms with van der Waals surface area (Å²) in [6.45, 7) is 7.02. The van der Waals surface area contributed by atoms with Crippen LogP contribution in [0.4, 0.5) is 10.7 Å². The average molecular weight is 500 g/mol. The van der Waals surface area contributed by atoms with Gasteiger partial charge in [-0.3, -0.25) is 9.59 Å². The van der Waals surface area contributed by atoms with Crippen molar-refractivity contribution in [3.05, 3.63) is 57.0 Å². The van der Waals surface area contributed by atoms with Crippen LogP contribution in [0.25, 0.3) is 11.0 Å². The van der Waals surface area contributed by atoms with E-state index in [4.69, 9.17) is 21.3 Å². The largest absolute Gasteiger partial charge is 0.444 e. The Morgan fingerprint density at radius 3 is 2.74 bits per heavy atom. The van der Waals surface area contributed by atoms with Gasteiger partial charge in [-0.05, 0) is 51.3 Å². The second-order valence-corrected chi connectivity index (χ2v) is 10.2. The zero-order valence-electron chi connectivity index (χ0n) is 20.4. The number of ether oxygens (including phenoxy) is 1. The number of piperidine rings is 1. The zero-order valence-corrected chi connectivity index (χ0v) is 21.1. The van der Waals surface area contributed by atoms with Crippen molar-refractivity contribution < 1.29 is 14.3 Å². The Morgan fingerprint density at radius 1 is 1.31 bits per heavy atom. The maximum atomic E-state index is 13.3. The molecule has 0 aliphatic carbocycles. The number of nitrogens with one attached hydrogen (secondary N) is 1. The fraction of sp³-hybridized carbons (Fsp3) is 0.440. The van der Waals surface area contributed by atoms with Crippen LogP contribution in [0.15, 0.2) is 35.1 Å². The molecule has 186 valence electrons. The van der Waals surface area contributed by atoms with E-state index >= 15 is 0 Å². The smallest absolute Gasteiger partial charge is 0.407 e. The molecule has 3 aromatic rings. The monoisotopic (exact) mass is 499 g/mol. The molecule has 2 aromatic heterocycles. The maximum Gasteiger partial charge on any atom is 0.407 e. The van der Waals surface area contributed by atoms with Gasteiger partial charge < -0.3 is 24.1 Å². The summed E-state index contributed by atoms with van der Waals surface area (Å²) in [7, 11) is 1.57. The number of benzene rings is 1. The standard InChI is InChI=1S/C25H30ClN5O4/c1-25(2,3)35-24(34)27-17-9-7-11-30(14-17)23-28-20-12-18(15-32)29(4)22(33)21(20)31(23)13-16-8-5-6-10-19(16)26/h5-6,8,10,12,15,17H,7,9,11,13-14H2,1-4H3,(H,27,34)/t17-/m1/s1. The van der Waals surface area contributed by atoms with Crippen LogP contribution in [-0.2, 0) is 18.3 Å². The Labute approximate surface area is 208 Å². The minimum Gasteiger partial charge on any atom is -0.444 e. The van der Waals surface area contributed by atoms with Gasteiger partial charge in [0.25, 0.3) is 5.56 Å². The summed E-state index contributed by atoms with van der Waals surface area (Å²) in [6.07, 6.45) is 1.82. The molecule has 0 bridgehead atoms. The number of carbonyl (C=O) groups excluding carboxylic acids is 2. The van der Waals surface area contributed by atoms with Gasteiger partial charge in [-0.25, -0.2) is 9.78 Å². The lowest BCUT2D eigenvalue weighted by molar-refractivity contribution is 0.0499. The molecule has 0 unspecified atom stereocenters. The molecule has 1 aliphatic heterocycles. The normalized spacial score (nSPS) is 16.4. The number of imidazole rings is 1. The van der Waals surface area contributed by atoms with Crippen LogP contribution >= 0.6 is 11.6 Å². The third-order valence-electron chi connectivity index (χ3n) is 5.99. The number of aromatic nitrogens is 3. The van der Waals surface area contributed by atoms with Gasteiger partial charge in [0.1, 0.15) is 11.1 Å². The van der Waals surface area contributed by atoms with E-state index in [1.807, 2.05) is 43.5 Å². The quantitative estimate of drug-likeness (QED) is 0.537. The fourth-order valence-corrected chi connectivity index (χ4v) is 4.55. The van der Waals surface area contributed by atoms with Gasteiger partial charge in [0.15, 0.2) is 6.29 Å². The number of anilines is 1. The molecule has 35 heavy (non-hydrogen) atoms. The number of alkyl carbamates (subject to hydrolysis) is 1. The predicted octanol–water partition coefficient (Wildman–Crippen LogP) is 3.74. The van der Waals surface area contributed by atoms with E-state index in [-0.39, 0.29) is 17.3 Å². The third kappa shape index (κ3) is 5.35. The number of rotatable bonds is 5. The van der Waals surface area contributed by atoms with E-state index in [1.54, 1.807) is 19.2 Å². The summed E-state index contributed by atoms with van der Waals surface area (Å²) < 4.78 is 8.60. The van der Waals surface area contributed by atoms with E-state index in [2.05, 4.69) is 10.2 Å².